The van der Waals surface area contributed by atoms with Crippen LogP contribution in [0.5, 0.6) is 0 Å². The number of aromatic nitrogens is 4. The first-order chi connectivity index (χ1) is 15.4. The lowest BCUT2D eigenvalue weighted by atomic mass is 9.96. The predicted molar refractivity (Wildman–Crippen MR) is 123 cm³/mol. The summed E-state index contributed by atoms with van der Waals surface area (Å²) in [6, 6.07) is 26.1. The van der Waals surface area contributed by atoms with E-state index in [-0.39, 0.29) is 6.04 Å². The summed E-state index contributed by atoms with van der Waals surface area (Å²) in [6.07, 6.45) is 0. The van der Waals surface area contributed by atoms with Crippen molar-refractivity contribution in [2.75, 3.05) is 26.2 Å². The van der Waals surface area contributed by atoms with Crippen molar-refractivity contribution < 1.29 is 0 Å². The van der Waals surface area contributed by atoms with Gasteiger partial charge in [0.2, 0.25) is 0 Å². The fourth-order valence-electron chi connectivity index (χ4n) is 4.27. The lowest BCUT2D eigenvalue weighted by Crippen LogP contribution is -2.47. The number of benzene rings is 2. The Hall–Kier alpha value is -2.87. The quantitative estimate of drug-likeness (QED) is 0.448. The maximum Gasteiger partial charge on any atom is 0.165 e. The Morgan fingerprint density at radius 3 is 2.06 bits per heavy atom. The number of thiophene rings is 1. The second-order valence-corrected chi connectivity index (χ2v) is 8.90. The van der Waals surface area contributed by atoms with Gasteiger partial charge < -0.3 is 0 Å². The zero-order chi connectivity index (χ0) is 20.9. The summed E-state index contributed by atoms with van der Waals surface area (Å²) in [6.45, 7) is 5.56. The van der Waals surface area contributed by atoms with Crippen molar-refractivity contribution in [3.05, 3.63) is 100 Å². The Morgan fingerprint density at radius 1 is 0.774 bits per heavy atom. The van der Waals surface area contributed by atoms with Crippen LogP contribution < -0.4 is 0 Å². The van der Waals surface area contributed by atoms with Crippen molar-refractivity contribution in [1.82, 2.24) is 30.0 Å². The highest BCUT2D eigenvalue weighted by Gasteiger charge is 2.27. The topological polar surface area (TPSA) is 50.1 Å². The predicted octanol–water partition coefficient (Wildman–Crippen LogP) is 3.69. The molecular weight excluding hydrogens is 404 g/mol. The summed E-state index contributed by atoms with van der Waals surface area (Å²) in [4.78, 5) is 6.32. The molecular formula is C24H26N6S. The van der Waals surface area contributed by atoms with Crippen LogP contribution in [-0.4, -0.2) is 56.2 Å². The van der Waals surface area contributed by atoms with E-state index in [1.54, 1.807) is 11.3 Å². The Kier molecular flexibility index (Phi) is 6.15. The first-order valence-electron chi connectivity index (χ1n) is 10.7. The van der Waals surface area contributed by atoms with Crippen LogP contribution in [0.4, 0.5) is 0 Å². The fourth-order valence-corrected chi connectivity index (χ4v) is 4.96. The van der Waals surface area contributed by atoms with Gasteiger partial charge in [-0.3, -0.25) is 9.80 Å². The smallest absolute Gasteiger partial charge is 0.165 e. The van der Waals surface area contributed by atoms with Gasteiger partial charge in [-0.05, 0) is 33.0 Å². The van der Waals surface area contributed by atoms with E-state index in [9.17, 15) is 0 Å². The first kappa shape index (κ1) is 20.1. The van der Waals surface area contributed by atoms with Crippen LogP contribution in [0.25, 0.3) is 0 Å². The van der Waals surface area contributed by atoms with Crippen molar-refractivity contribution in [2.24, 2.45) is 0 Å². The molecule has 1 aliphatic rings. The van der Waals surface area contributed by atoms with E-state index in [1.165, 1.54) is 16.0 Å². The highest BCUT2D eigenvalue weighted by atomic mass is 32.1. The van der Waals surface area contributed by atoms with E-state index in [0.29, 0.717) is 0 Å². The molecule has 0 radical (unpaired) electrons. The Bertz CT molecular complexity index is 1020. The van der Waals surface area contributed by atoms with Crippen LogP contribution >= 0.6 is 11.3 Å². The highest BCUT2D eigenvalue weighted by Crippen LogP contribution is 2.29. The van der Waals surface area contributed by atoms with E-state index in [4.69, 9.17) is 0 Å². The van der Waals surface area contributed by atoms with Gasteiger partial charge in [-0.1, -0.05) is 66.7 Å². The molecule has 0 aliphatic carbocycles. The molecule has 31 heavy (non-hydrogen) atoms. The summed E-state index contributed by atoms with van der Waals surface area (Å²) in [7, 11) is 0. The molecule has 2 aromatic heterocycles. The molecule has 1 fully saturated rings. The standard InChI is InChI=1S/C24H26N6S/c1-3-8-20(9-4-1)24(21-10-5-2-6-11-21)29-15-13-28(14-16-29)19-23-25-26-27-30(23)18-22-12-7-17-31-22/h1-12,17,24H,13-16,18-19H2. The molecule has 0 bridgehead atoms. The molecule has 0 spiro atoms. The van der Waals surface area contributed by atoms with E-state index in [0.717, 1.165) is 45.1 Å². The van der Waals surface area contributed by atoms with Gasteiger partial charge in [0.1, 0.15) is 0 Å². The van der Waals surface area contributed by atoms with Crippen molar-refractivity contribution in [2.45, 2.75) is 19.1 Å². The summed E-state index contributed by atoms with van der Waals surface area (Å²) in [5.74, 6) is 0.935. The van der Waals surface area contributed by atoms with Crippen molar-refractivity contribution in [1.29, 1.82) is 0 Å². The molecule has 3 heterocycles. The molecule has 1 aliphatic heterocycles. The molecule has 1 saturated heterocycles. The zero-order valence-corrected chi connectivity index (χ0v) is 18.2. The Labute approximate surface area is 186 Å². The van der Waals surface area contributed by atoms with Gasteiger partial charge in [-0.15, -0.1) is 16.4 Å². The van der Waals surface area contributed by atoms with E-state index in [1.807, 2.05) is 4.68 Å². The molecule has 0 amide bonds. The third kappa shape index (κ3) is 4.74. The maximum atomic E-state index is 4.29. The van der Waals surface area contributed by atoms with Crippen LogP contribution in [0.3, 0.4) is 0 Å². The van der Waals surface area contributed by atoms with Gasteiger partial charge in [0.05, 0.1) is 19.1 Å². The normalized spacial score (nSPS) is 15.5. The number of tetrazole rings is 1. The number of piperazine rings is 1. The van der Waals surface area contributed by atoms with Crippen LogP contribution in [0.2, 0.25) is 0 Å². The largest absolute Gasteiger partial charge is 0.293 e. The monoisotopic (exact) mass is 430 g/mol. The first-order valence-corrected chi connectivity index (χ1v) is 11.6. The van der Waals surface area contributed by atoms with Crippen molar-refractivity contribution in [3.63, 3.8) is 0 Å². The summed E-state index contributed by atoms with van der Waals surface area (Å²) >= 11 is 1.74. The van der Waals surface area contributed by atoms with E-state index < -0.39 is 0 Å². The minimum atomic E-state index is 0.286. The van der Waals surface area contributed by atoms with Crippen LogP contribution in [0.1, 0.15) is 27.9 Å². The van der Waals surface area contributed by atoms with Gasteiger partial charge in [0.25, 0.3) is 0 Å². The number of hydrogen-bond acceptors (Lipinski definition) is 6. The lowest BCUT2D eigenvalue weighted by molar-refractivity contribution is 0.102. The molecule has 0 saturated carbocycles. The van der Waals surface area contributed by atoms with Gasteiger partial charge in [0, 0.05) is 31.1 Å². The number of nitrogens with zero attached hydrogens (tertiary/aromatic N) is 6. The molecule has 0 N–H and O–H groups in total. The lowest BCUT2D eigenvalue weighted by Gasteiger charge is -2.39. The second kappa shape index (κ2) is 9.51. The average Bonchev–Trinajstić information content (AvgIpc) is 3.49. The summed E-state index contributed by atoms with van der Waals surface area (Å²) in [5.41, 5.74) is 2.70. The molecule has 158 valence electrons. The minimum absolute atomic E-state index is 0.286. The summed E-state index contributed by atoms with van der Waals surface area (Å²) < 4.78 is 1.93. The minimum Gasteiger partial charge on any atom is -0.293 e. The summed E-state index contributed by atoms with van der Waals surface area (Å²) in [5, 5.41) is 14.5. The molecule has 5 rings (SSSR count). The SMILES string of the molecule is c1ccc(C(c2ccccc2)N2CCN(Cc3nnnn3Cc3cccs3)CC2)cc1. The molecule has 4 aromatic rings. The number of rotatable bonds is 7. The third-order valence-electron chi connectivity index (χ3n) is 5.86. The zero-order valence-electron chi connectivity index (χ0n) is 17.4. The fraction of sp³-hybridized carbons (Fsp3) is 0.292. The Balaban J connectivity index is 1.26. The second-order valence-electron chi connectivity index (χ2n) is 7.87. The third-order valence-corrected chi connectivity index (χ3v) is 6.72. The van der Waals surface area contributed by atoms with Gasteiger partial charge in [-0.25, -0.2) is 4.68 Å². The van der Waals surface area contributed by atoms with Crippen LogP contribution in [0.15, 0.2) is 78.2 Å². The van der Waals surface area contributed by atoms with Crippen LogP contribution in [0, 0.1) is 0 Å². The number of hydrogen-bond donors (Lipinski definition) is 0. The van der Waals surface area contributed by atoms with E-state index in [2.05, 4.69) is 104 Å². The van der Waals surface area contributed by atoms with Gasteiger partial charge in [-0.2, -0.15) is 0 Å². The average molecular weight is 431 g/mol. The molecule has 2 aromatic carbocycles. The van der Waals surface area contributed by atoms with Gasteiger partial charge in [0.15, 0.2) is 5.82 Å². The van der Waals surface area contributed by atoms with Crippen molar-refractivity contribution in [3.8, 4) is 0 Å². The highest BCUT2D eigenvalue weighted by molar-refractivity contribution is 7.09. The van der Waals surface area contributed by atoms with Crippen LogP contribution in [-0.2, 0) is 13.1 Å². The maximum absolute atomic E-state index is 4.29. The molecule has 7 heteroatoms. The molecule has 0 unspecified atom stereocenters. The van der Waals surface area contributed by atoms with E-state index >= 15 is 0 Å². The Morgan fingerprint density at radius 2 is 1.45 bits per heavy atom. The molecule has 6 nitrogen and oxygen atoms in total. The van der Waals surface area contributed by atoms with Gasteiger partial charge >= 0.3 is 0 Å². The van der Waals surface area contributed by atoms with Crippen molar-refractivity contribution >= 4 is 11.3 Å². The molecule has 0 atom stereocenters.